The molecule has 6 heteroatoms. The minimum atomic E-state index is -3.55. The number of sulfonamides is 1. The summed E-state index contributed by atoms with van der Waals surface area (Å²) in [5, 5.41) is 8.57. The molecule has 0 bridgehead atoms. The maximum absolute atomic E-state index is 11.8. The van der Waals surface area contributed by atoms with E-state index in [4.69, 9.17) is 10.00 Å². The predicted octanol–water partition coefficient (Wildman–Crippen LogP) is 1.13. The highest BCUT2D eigenvalue weighted by atomic mass is 32.2. The minimum absolute atomic E-state index is 0.102. The molecule has 1 rings (SSSR count). The fraction of sp³-hybridized carbons (Fsp3) is 0.364. The van der Waals surface area contributed by atoms with Crippen LogP contribution in [0.25, 0.3) is 0 Å². The number of nitrogens with zero attached hydrogens (tertiary/aromatic N) is 1. The van der Waals surface area contributed by atoms with E-state index in [1.54, 1.807) is 19.1 Å². The Labute approximate surface area is 101 Å². The van der Waals surface area contributed by atoms with Crippen LogP contribution in [0.4, 0.5) is 0 Å². The molecule has 0 aliphatic heterocycles. The van der Waals surface area contributed by atoms with Crippen LogP contribution in [0, 0.1) is 17.2 Å². The summed E-state index contributed by atoms with van der Waals surface area (Å²) in [6.07, 6.45) is 0. The quantitative estimate of drug-likeness (QED) is 0.854. The molecule has 0 amide bonds. The van der Waals surface area contributed by atoms with Crippen LogP contribution in [0.2, 0.25) is 0 Å². The van der Waals surface area contributed by atoms with Gasteiger partial charge in [0.05, 0.1) is 24.0 Å². The largest absolute Gasteiger partial charge is 0.497 e. The van der Waals surface area contributed by atoms with Gasteiger partial charge in [-0.1, -0.05) is 0 Å². The molecule has 0 spiro atoms. The maximum Gasteiger partial charge on any atom is 0.240 e. The molecule has 0 saturated heterocycles. The summed E-state index contributed by atoms with van der Waals surface area (Å²) in [5.74, 6) is 0.234. The van der Waals surface area contributed by atoms with Gasteiger partial charge in [-0.05, 0) is 31.2 Å². The van der Waals surface area contributed by atoms with E-state index in [1.807, 2.05) is 6.07 Å². The van der Waals surface area contributed by atoms with Crippen LogP contribution in [0.5, 0.6) is 5.75 Å². The zero-order valence-electron chi connectivity index (χ0n) is 9.67. The van der Waals surface area contributed by atoms with Gasteiger partial charge in [-0.2, -0.15) is 5.26 Å². The van der Waals surface area contributed by atoms with Crippen LogP contribution in [0.3, 0.4) is 0 Å². The van der Waals surface area contributed by atoms with Gasteiger partial charge in [0.15, 0.2) is 0 Å². The van der Waals surface area contributed by atoms with Gasteiger partial charge >= 0.3 is 0 Å². The van der Waals surface area contributed by atoms with Crippen molar-refractivity contribution in [2.45, 2.75) is 11.8 Å². The highest BCUT2D eigenvalue weighted by Gasteiger charge is 2.14. The van der Waals surface area contributed by atoms with E-state index in [0.29, 0.717) is 5.75 Å². The third-order valence-corrected chi connectivity index (χ3v) is 3.61. The molecule has 17 heavy (non-hydrogen) atoms. The third-order valence-electron chi connectivity index (χ3n) is 2.17. The average Bonchev–Trinajstić information content (AvgIpc) is 2.36. The zero-order chi connectivity index (χ0) is 12.9. The lowest BCUT2D eigenvalue weighted by atomic mass is 10.2. The standard InChI is InChI=1S/C11H14N2O3S/c1-9(7-12)8-13-17(14,15)11-5-3-10(16-2)4-6-11/h3-6,9,13H,8H2,1-2H3. The molecule has 0 radical (unpaired) electrons. The first kappa shape index (κ1) is 13.5. The summed E-state index contributed by atoms with van der Waals surface area (Å²) in [4.78, 5) is 0.156. The smallest absolute Gasteiger partial charge is 0.240 e. The van der Waals surface area contributed by atoms with Crippen molar-refractivity contribution in [1.29, 1.82) is 5.26 Å². The first-order valence-corrected chi connectivity index (χ1v) is 6.51. The van der Waals surface area contributed by atoms with Gasteiger partial charge in [0.25, 0.3) is 0 Å². The molecule has 0 aliphatic carbocycles. The van der Waals surface area contributed by atoms with Crippen LogP contribution in [0.15, 0.2) is 29.2 Å². The van der Waals surface area contributed by atoms with Gasteiger partial charge in [0.2, 0.25) is 10.0 Å². The molecule has 0 heterocycles. The van der Waals surface area contributed by atoms with Crippen molar-refractivity contribution in [1.82, 2.24) is 4.72 Å². The summed E-state index contributed by atoms with van der Waals surface area (Å²) >= 11 is 0. The van der Waals surface area contributed by atoms with Crippen LogP contribution >= 0.6 is 0 Å². The van der Waals surface area contributed by atoms with Crippen LogP contribution in [-0.4, -0.2) is 22.1 Å². The third kappa shape index (κ3) is 3.73. The second-order valence-electron chi connectivity index (χ2n) is 3.56. The number of nitrogens with one attached hydrogen (secondary N) is 1. The highest BCUT2D eigenvalue weighted by Crippen LogP contribution is 2.15. The molecule has 0 fully saturated rings. The van der Waals surface area contributed by atoms with Gasteiger partial charge in [-0.3, -0.25) is 0 Å². The Morgan fingerprint density at radius 2 is 2.00 bits per heavy atom. The van der Waals surface area contributed by atoms with Crippen LogP contribution in [-0.2, 0) is 10.0 Å². The first-order chi connectivity index (χ1) is 7.99. The Hall–Kier alpha value is -1.58. The Morgan fingerprint density at radius 1 is 1.41 bits per heavy atom. The van der Waals surface area contributed by atoms with E-state index in [9.17, 15) is 8.42 Å². The van der Waals surface area contributed by atoms with Crippen LogP contribution < -0.4 is 9.46 Å². The molecule has 5 nitrogen and oxygen atoms in total. The van der Waals surface area contributed by atoms with E-state index >= 15 is 0 Å². The number of rotatable bonds is 5. The van der Waals surface area contributed by atoms with Gasteiger partial charge < -0.3 is 4.74 Å². The van der Waals surface area contributed by atoms with E-state index < -0.39 is 10.0 Å². The number of hydrogen-bond acceptors (Lipinski definition) is 4. The second-order valence-corrected chi connectivity index (χ2v) is 5.32. The highest BCUT2D eigenvalue weighted by molar-refractivity contribution is 7.89. The maximum atomic E-state index is 11.8. The lowest BCUT2D eigenvalue weighted by Crippen LogP contribution is -2.27. The molecular weight excluding hydrogens is 240 g/mol. The molecule has 0 saturated carbocycles. The number of methoxy groups -OCH3 is 1. The molecule has 1 N–H and O–H groups in total. The summed E-state index contributed by atoms with van der Waals surface area (Å²) < 4.78 is 30.9. The predicted molar refractivity (Wildman–Crippen MR) is 63.0 cm³/mol. The Morgan fingerprint density at radius 3 is 2.47 bits per heavy atom. The second kappa shape index (κ2) is 5.66. The molecule has 1 atom stereocenters. The molecular formula is C11H14N2O3S. The van der Waals surface area contributed by atoms with Crippen molar-refractivity contribution in [2.75, 3.05) is 13.7 Å². The van der Waals surface area contributed by atoms with E-state index in [-0.39, 0.29) is 17.4 Å². The average molecular weight is 254 g/mol. The zero-order valence-corrected chi connectivity index (χ0v) is 10.5. The van der Waals surface area contributed by atoms with Crippen molar-refractivity contribution in [3.63, 3.8) is 0 Å². The molecule has 0 aromatic heterocycles. The fourth-order valence-corrected chi connectivity index (χ4v) is 2.25. The van der Waals surface area contributed by atoms with E-state index in [0.717, 1.165) is 0 Å². The lowest BCUT2D eigenvalue weighted by Gasteiger charge is -2.08. The molecule has 1 unspecified atom stereocenters. The monoisotopic (exact) mass is 254 g/mol. The Kier molecular flexibility index (Phi) is 4.49. The normalized spacial score (nSPS) is 12.8. The summed E-state index contributed by atoms with van der Waals surface area (Å²) in [6.45, 7) is 1.75. The summed E-state index contributed by atoms with van der Waals surface area (Å²) in [6, 6.07) is 8.02. The molecule has 1 aromatic carbocycles. The Bertz CT molecular complexity index is 503. The van der Waals surface area contributed by atoms with Gasteiger partial charge in [0.1, 0.15) is 5.75 Å². The van der Waals surface area contributed by atoms with Crippen LogP contribution in [0.1, 0.15) is 6.92 Å². The fourth-order valence-electron chi connectivity index (χ4n) is 1.12. The van der Waals surface area contributed by atoms with E-state index in [1.165, 1.54) is 19.2 Å². The lowest BCUT2D eigenvalue weighted by molar-refractivity contribution is 0.414. The van der Waals surface area contributed by atoms with Crippen molar-refractivity contribution in [3.05, 3.63) is 24.3 Å². The summed E-state index contributed by atoms with van der Waals surface area (Å²) in [5.41, 5.74) is 0. The van der Waals surface area contributed by atoms with Gasteiger partial charge in [-0.15, -0.1) is 0 Å². The number of hydrogen-bond donors (Lipinski definition) is 1. The number of ether oxygens (including phenoxy) is 1. The minimum Gasteiger partial charge on any atom is -0.497 e. The first-order valence-electron chi connectivity index (χ1n) is 5.03. The van der Waals surface area contributed by atoms with Crippen molar-refractivity contribution in [2.24, 2.45) is 5.92 Å². The summed E-state index contributed by atoms with van der Waals surface area (Å²) in [7, 11) is -2.04. The van der Waals surface area contributed by atoms with Crippen molar-refractivity contribution >= 4 is 10.0 Å². The molecule has 0 aliphatic rings. The van der Waals surface area contributed by atoms with Crippen molar-refractivity contribution in [3.8, 4) is 11.8 Å². The Balaban J connectivity index is 2.79. The molecule has 92 valence electrons. The number of nitriles is 1. The topological polar surface area (TPSA) is 79.2 Å². The number of benzene rings is 1. The SMILES string of the molecule is COc1ccc(S(=O)(=O)NCC(C)C#N)cc1. The molecule has 1 aromatic rings. The van der Waals surface area contributed by atoms with E-state index in [2.05, 4.69) is 4.72 Å². The van der Waals surface area contributed by atoms with Gasteiger partial charge in [-0.25, -0.2) is 13.1 Å². The van der Waals surface area contributed by atoms with Gasteiger partial charge in [0, 0.05) is 6.54 Å². The van der Waals surface area contributed by atoms with Crippen molar-refractivity contribution < 1.29 is 13.2 Å².